The molecular formula is C15H17N5. The van der Waals surface area contributed by atoms with E-state index in [9.17, 15) is 0 Å². The number of nitrogen functional groups attached to an aromatic ring is 1. The highest BCUT2D eigenvalue weighted by Gasteiger charge is 2.20. The average molecular weight is 267 g/mol. The summed E-state index contributed by atoms with van der Waals surface area (Å²) in [6.45, 7) is 4.24. The molecule has 0 aliphatic heterocycles. The van der Waals surface area contributed by atoms with Gasteiger partial charge in [0.25, 0.3) is 0 Å². The van der Waals surface area contributed by atoms with Gasteiger partial charge < -0.3 is 5.73 Å². The number of rotatable bonds is 2. The molecule has 0 aliphatic rings. The zero-order chi connectivity index (χ0) is 14.3. The Morgan fingerprint density at radius 1 is 1.15 bits per heavy atom. The number of aryl methyl sites for hydroxylation is 1. The fourth-order valence-electron chi connectivity index (χ4n) is 2.51. The molecule has 20 heavy (non-hydrogen) atoms. The van der Waals surface area contributed by atoms with Gasteiger partial charge in [-0.1, -0.05) is 26.0 Å². The van der Waals surface area contributed by atoms with E-state index >= 15 is 0 Å². The first kappa shape index (κ1) is 12.6. The van der Waals surface area contributed by atoms with Gasteiger partial charge in [-0.25, -0.2) is 0 Å². The van der Waals surface area contributed by atoms with Crippen LogP contribution in [0.2, 0.25) is 0 Å². The molecule has 3 rings (SSSR count). The molecule has 102 valence electrons. The van der Waals surface area contributed by atoms with Crippen LogP contribution in [0.5, 0.6) is 0 Å². The summed E-state index contributed by atoms with van der Waals surface area (Å²) in [5, 5.41) is 4.58. The van der Waals surface area contributed by atoms with Gasteiger partial charge in [0.1, 0.15) is 11.5 Å². The molecule has 0 amide bonds. The lowest BCUT2D eigenvalue weighted by molar-refractivity contribution is 0.780. The van der Waals surface area contributed by atoms with Gasteiger partial charge in [-0.3, -0.25) is 14.6 Å². The predicted molar refractivity (Wildman–Crippen MR) is 80.2 cm³/mol. The molecular weight excluding hydrogens is 250 g/mol. The van der Waals surface area contributed by atoms with E-state index in [0.717, 1.165) is 27.9 Å². The summed E-state index contributed by atoms with van der Waals surface area (Å²) in [7, 11) is 1.86. The van der Waals surface area contributed by atoms with Crippen molar-refractivity contribution in [2.75, 3.05) is 5.73 Å². The van der Waals surface area contributed by atoms with Gasteiger partial charge >= 0.3 is 0 Å². The van der Waals surface area contributed by atoms with E-state index in [0.29, 0.717) is 11.7 Å². The summed E-state index contributed by atoms with van der Waals surface area (Å²) in [5.41, 5.74) is 10.8. The lowest BCUT2D eigenvalue weighted by atomic mass is 9.98. The molecule has 0 fully saturated rings. The predicted octanol–water partition coefficient (Wildman–Crippen LogP) is 2.74. The topological polar surface area (TPSA) is 69.6 Å². The molecule has 2 heterocycles. The van der Waals surface area contributed by atoms with Crippen molar-refractivity contribution >= 4 is 16.9 Å². The minimum absolute atomic E-state index is 0.297. The Labute approximate surface area is 117 Å². The number of hydrogen-bond donors (Lipinski definition) is 1. The smallest absolute Gasteiger partial charge is 0.125 e. The third-order valence-electron chi connectivity index (χ3n) is 3.46. The van der Waals surface area contributed by atoms with E-state index in [1.165, 1.54) is 0 Å². The van der Waals surface area contributed by atoms with E-state index in [-0.39, 0.29) is 0 Å². The van der Waals surface area contributed by atoms with E-state index in [1.807, 2.05) is 25.2 Å². The van der Waals surface area contributed by atoms with Crippen LogP contribution in [0.1, 0.15) is 25.3 Å². The highest BCUT2D eigenvalue weighted by molar-refractivity contribution is 5.91. The van der Waals surface area contributed by atoms with Crippen molar-refractivity contribution in [1.29, 1.82) is 0 Å². The Hall–Kier alpha value is -2.43. The largest absolute Gasteiger partial charge is 0.384 e. The van der Waals surface area contributed by atoms with Crippen LogP contribution in [0.4, 0.5) is 5.82 Å². The quantitative estimate of drug-likeness (QED) is 0.775. The third kappa shape index (κ3) is 1.82. The van der Waals surface area contributed by atoms with Crippen LogP contribution in [0.25, 0.3) is 22.3 Å². The molecule has 5 heteroatoms. The van der Waals surface area contributed by atoms with Crippen LogP contribution >= 0.6 is 0 Å². The molecule has 0 atom stereocenters. The number of nitrogens with two attached hydrogens (primary N) is 1. The van der Waals surface area contributed by atoms with Crippen LogP contribution in [-0.2, 0) is 7.05 Å². The maximum absolute atomic E-state index is 6.15. The molecule has 0 spiro atoms. The Balaban J connectivity index is 2.34. The van der Waals surface area contributed by atoms with Gasteiger partial charge in [-0.05, 0) is 12.0 Å². The number of fused-ring (bicyclic) bond motifs is 1. The summed E-state index contributed by atoms with van der Waals surface area (Å²) in [4.78, 5) is 8.79. The summed E-state index contributed by atoms with van der Waals surface area (Å²) < 4.78 is 1.72. The second-order valence-electron chi connectivity index (χ2n) is 5.16. The normalized spacial score (nSPS) is 11.4. The Morgan fingerprint density at radius 2 is 1.90 bits per heavy atom. The number of nitrogens with zero attached hydrogens (tertiary/aromatic N) is 4. The minimum Gasteiger partial charge on any atom is -0.384 e. The van der Waals surface area contributed by atoms with Gasteiger partial charge in [0.2, 0.25) is 0 Å². The average Bonchev–Trinajstić information content (AvgIpc) is 2.74. The first-order valence-electron chi connectivity index (χ1n) is 6.62. The molecule has 0 saturated heterocycles. The maximum atomic E-state index is 6.15. The molecule has 0 unspecified atom stereocenters. The standard InChI is InChI=1S/C15H17N5/c1-9(2)12-14(19-20(3)15(12)16)10-5-4-6-11-13(10)18-8-7-17-11/h4-9H,16H2,1-3H3. The van der Waals surface area contributed by atoms with Crippen LogP contribution in [-0.4, -0.2) is 19.7 Å². The van der Waals surface area contributed by atoms with Crippen molar-refractivity contribution in [2.45, 2.75) is 19.8 Å². The Bertz CT molecular complexity index is 768. The molecule has 0 bridgehead atoms. The van der Waals surface area contributed by atoms with E-state index in [2.05, 4.69) is 28.9 Å². The second kappa shape index (κ2) is 4.59. The molecule has 0 aliphatic carbocycles. The summed E-state index contributed by atoms with van der Waals surface area (Å²) >= 11 is 0. The van der Waals surface area contributed by atoms with Crippen LogP contribution in [0.15, 0.2) is 30.6 Å². The van der Waals surface area contributed by atoms with Crippen molar-refractivity contribution in [1.82, 2.24) is 19.7 Å². The summed E-state index contributed by atoms with van der Waals surface area (Å²) in [6, 6.07) is 5.94. The van der Waals surface area contributed by atoms with E-state index < -0.39 is 0 Å². The monoisotopic (exact) mass is 267 g/mol. The van der Waals surface area contributed by atoms with Crippen molar-refractivity contribution in [3.63, 3.8) is 0 Å². The number of anilines is 1. The van der Waals surface area contributed by atoms with Gasteiger partial charge in [0.05, 0.1) is 11.0 Å². The lowest BCUT2D eigenvalue weighted by Crippen LogP contribution is -2.00. The van der Waals surface area contributed by atoms with Crippen LogP contribution in [0, 0.1) is 0 Å². The zero-order valence-electron chi connectivity index (χ0n) is 11.8. The first-order chi connectivity index (χ1) is 9.59. The fourth-order valence-corrected chi connectivity index (χ4v) is 2.51. The minimum atomic E-state index is 0.297. The molecule has 5 nitrogen and oxygen atoms in total. The Morgan fingerprint density at radius 3 is 2.65 bits per heavy atom. The lowest BCUT2D eigenvalue weighted by Gasteiger charge is -2.08. The zero-order valence-corrected chi connectivity index (χ0v) is 11.8. The highest BCUT2D eigenvalue weighted by atomic mass is 15.3. The molecule has 2 aromatic heterocycles. The number of aromatic nitrogens is 4. The Kier molecular flexibility index (Phi) is 2.89. The van der Waals surface area contributed by atoms with Crippen LogP contribution in [0.3, 0.4) is 0 Å². The van der Waals surface area contributed by atoms with Gasteiger partial charge in [-0.2, -0.15) is 5.10 Å². The SMILES string of the molecule is CC(C)c1c(-c2cccc3nccnc23)nn(C)c1N. The van der Waals surface area contributed by atoms with Crippen molar-refractivity contribution in [2.24, 2.45) is 7.05 Å². The van der Waals surface area contributed by atoms with Gasteiger partial charge in [0.15, 0.2) is 0 Å². The molecule has 2 N–H and O–H groups in total. The molecule has 1 aromatic carbocycles. The number of para-hydroxylation sites is 1. The molecule has 3 aromatic rings. The highest BCUT2D eigenvalue weighted by Crippen LogP contribution is 2.35. The second-order valence-corrected chi connectivity index (χ2v) is 5.16. The van der Waals surface area contributed by atoms with Gasteiger partial charge in [0, 0.05) is 30.6 Å². The molecule has 0 saturated carbocycles. The maximum Gasteiger partial charge on any atom is 0.125 e. The van der Waals surface area contributed by atoms with Crippen molar-refractivity contribution in [3.05, 3.63) is 36.2 Å². The molecule has 0 radical (unpaired) electrons. The van der Waals surface area contributed by atoms with Crippen molar-refractivity contribution < 1.29 is 0 Å². The van der Waals surface area contributed by atoms with Crippen LogP contribution < -0.4 is 5.73 Å². The summed E-state index contributed by atoms with van der Waals surface area (Å²) in [5.74, 6) is 1.00. The summed E-state index contributed by atoms with van der Waals surface area (Å²) in [6.07, 6.45) is 3.40. The van der Waals surface area contributed by atoms with Gasteiger partial charge in [-0.15, -0.1) is 0 Å². The fraction of sp³-hybridized carbons (Fsp3) is 0.267. The van der Waals surface area contributed by atoms with E-state index in [4.69, 9.17) is 5.73 Å². The third-order valence-corrected chi connectivity index (χ3v) is 3.46. The first-order valence-corrected chi connectivity index (χ1v) is 6.62. The van der Waals surface area contributed by atoms with Crippen molar-refractivity contribution in [3.8, 4) is 11.3 Å². The number of benzene rings is 1. The number of hydrogen-bond acceptors (Lipinski definition) is 4. The van der Waals surface area contributed by atoms with E-state index in [1.54, 1.807) is 17.1 Å².